The minimum Gasteiger partial charge on any atom is -0.480 e. The molecule has 0 radical (unpaired) electrons. The Balaban J connectivity index is 2.87. The van der Waals surface area contributed by atoms with Gasteiger partial charge in [-0.05, 0) is 12.1 Å². The third-order valence-electron chi connectivity index (χ3n) is 1.57. The van der Waals surface area contributed by atoms with Gasteiger partial charge in [-0.15, -0.1) is 5.10 Å². The van der Waals surface area contributed by atoms with E-state index in [-0.39, 0.29) is 11.9 Å². The highest BCUT2D eigenvalue weighted by Gasteiger charge is 2.02. The molecule has 0 bridgehead atoms. The molecule has 0 saturated heterocycles. The summed E-state index contributed by atoms with van der Waals surface area (Å²) < 4.78 is 4.74. The van der Waals surface area contributed by atoms with Crippen LogP contribution in [0.15, 0.2) is 28.4 Å². The van der Waals surface area contributed by atoms with Crippen molar-refractivity contribution in [3.63, 3.8) is 0 Å². The summed E-state index contributed by atoms with van der Waals surface area (Å²) in [7, 11) is 1.41. The summed E-state index contributed by atoms with van der Waals surface area (Å²) in [5.41, 5.74) is 11.1. The molecule has 0 aliphatic heterocycles. The molecular weight excluding hydrogens is 208 g/mol. The molecule has 5 N–H and O–H groups in total. The summed E-state index contributed by atoms with van der Waals surface area (Å²) in [4.78, 5) is 4.09. The lowest BCUT2D eigenvalue weighted by Gasteiger charge is -2.01. The Morgan fingerprint density at radius 3 is 2.88 bits per heavy atom. The number of hydrogen-bond donors (Lipinski definition) is 3. The topological polar surface area (TPSA) is 123 Å². The van der Waals surface area contributed by atoms with Crippen LogP contribution in [0, 0.1) is 5.41 Å². The van der Waals surface area contributed by atoms with Crippen LogP contribution < -0.4 is 11.5 Å². The first-order valence-electron chi connectivity index (χ1n) is 4.35. The van der Waals surface area contributed by atoms with Crippen molar-refractivity contribution < 1.29 is 4.74 Å². The Morgan fingerprint density at radius 2 is 2.25 bits per heavy atom. The number of rotatable bonds is 3. The van der Waals surface area contributed by atoms with Crippen molar-refractivity contribution >= 4 is 18.1 Å². The molecule has 0 unspecified atom stereocenters. The van der Waals surface area contributed by atoms with Crippen molar-refractivity contribution in [1.29, 1.82) is 5.41 Å². The summed E-state index contributed by atoms with van der Waals surface area (Å²) in [5.74, 6) is -0.144. The molecule has 16 heavy (non-hydrogen) atoms. The Labute approximate surface area is 92.4 Å². The van der Waals surface area contributed by atoms with Crippen LogP contribution in [0.1, 0.15) is 11.4 Å². The molecule has 0 aliphatic carbocycles. The molecule has 1 aromatic heterocycles. The van der Waals surface area contributed by atoms with Gasteiger partial charge >= 0.3 is 0 Å². The maximum Gasteiger partial charge on any atom is 0.232 e. The van der Waals surface area contributed by atoms with Crippen LogP contribution in [0.2, 0.25) is 0 Å². The first kappa shape index (κ1) is 11.6. The number of nitrogens with one attached hydrogen (secondary N) is 1. The van der Waals surface area contributed by atoms with Gasteiger partial charge in [-0.1, -0.05) is 6.07 Å². The van der Waals surface area contributed by atoms with E-state index in [1.165, 1.54) is 13.3 Å². The predicted molar refractivity (Wildman–Crippen MR) is 61.5 cm³/mol. The van der Waals surface area contributed by atoms with Crippen molar-refractivity contribution in [2.45, 2.75) is 0 Å². The molecule has 0 amide bonds. The van der Waals surface area contributed by atoms with Gasteiger partial charge in [0.25, 0.3) is 0 Å². The number of nitrogens with two attached hydrogens (primary N) is 2. The summed E-state index contributed by atoms with van der Waals surface area (Å²) in [6.07, 6.45) is 1.38. The third kappa shape index (κ3) is 3.37. The number of ether oxygens (including phenoxy) is 1. The second-order valence-electron chi connectivity index (χ2n) is 2.75. The van der Waals surface area contributed by atoms with E-state index in [0.29, 0.717) is 11.4 Å². The molecule has 1 aromatic rings. The fourth-order valence-corrected chi connectivity index (χ4v) is 0.909. The molecule has 1 heterocycles. The van der Waals surface area contributed by atoms with Crippen molar-refractivity contribution in [1.82, 2.24) is 4.98 Å². The number of methoxy groups -OCH3 is 1. The Morgan fingerprint density at radius 1 is 1.50 bits per heavy atom. The monoisotopic (exact) mass is 220 g/mol. The molecule has 1 rings (SSSR count). The van der Waals surface area contributed by atoms with E-state index in [1.54, 1.807) is 18.2 Å². The van der Waals surface area contributed by atoms with Gasteiger partial charge in [0.05, 0.1) is 19.0 Å². The number of nitrogens with zero attached hydrogens (tertiary/aromatic N) is 3. The van der Waals surface area contributed by atoms with Gasteiger partial charge in [-0.3, -0.25) is 5.41 Å². The van der Waals surface area contributed by atoms with E-state index in [2.05, 4.69) is 15.2 Å². The van der Waals surface area contributed by atoms with E-state index in [4.69, 9.17) is 21.6 Å². The molecule has 0 aliphatic rings. The highest BCUT2D eigenvalue weighted by Crippen LogP contribution is 1.99. The molecule has 0 atom stereocenters. The molecule has 84 valence electrons. The molecule has 7 nitrogen and oxygen atoms in total. The van der Waals surface area contributed by atoms with E-state index in [0.717, 1.165) is 0 Å². The van der Waals surface area contributed by atoms with Crippen LogP contribution in [-0.2, 0) is 4.74 Å². The van der Waals surface area contributed by atoms with E-state index >= 15 is 0 Å². The Hall–Kier alpha value is -2.44. The SMILES string of the molecule is COC(=N)c1cccc(/C=N/N=C(N)N)n1. The number of hydrogen-bond acceptors (Lipinski definition) is 5. The van der Waals surface area contributed by atoms with Gasteiger partial charge in [0, 0.05) is 0 Å². The van der Waals surface area contributed by atoms with E-state index < -0.39 is 0 Å². The molecule has 7 heteroatoms. The highest BCUT2D eigenvalue weighted by molar-refractivity contribution is 5.90. The molecule has 0 aromatic carbocycles. The van der Waals surface area contributed by atoms with Crippen LogP contribution in [0.5, 0.6) is 0 Å². The normalized spacial score (nSPS) is 10.1. The lowest BCUT2D eigenvalue weighted by atomic mass is 10.3. The van der Waals surface area contributed by atoms with Crippen LogP contribution >= 0.6 is 0 Å². The Bertz CT molecular complexity index is 435. The number of guanidine groups is 1. The van der Waals surface area contributed by atoms with Crippen LogP contribution in [-0.4, -0.2) is 30.2 Å². The first-order valence-corrected chi connectivity index (χ1v) is 4.35. The van der Waals surface area contributed by atoms with E-state index in [1.807, 2.05) is 0 Å². The maximum atomic E-state index is 7.42. The first-order chi connectivity index (χ1) is 7.63. The zero-order valence-electron chi connectivity index (χ0n) is 8.71. The van der Waals surface area contributed by atoms with Crippen LogP contribution in [0.25, 0.3) is 0 Å². The Kier molecular flexibility index (Phi) is 3.96. The fraction of sp³-hybridized carbons (Fsp3) is 0.111. The lowest BCUT2D eigenvalue weighted by Crippen LogP contribution is -2.21. The zero-order chi connectivity index (χ0) is 12.0. The quantitative estimate of drug-likeness (QED) is 0.366. The van der Waals surface area contributed by atoms with Gasteiger partial charge in [0.1, 0.15) is 5.69 Å². The average molecular weight is 220 g/mol. The van der Waals surface area contributed by atoms with Gasteiger partial charge in [0.15, 0.2) is 0 Å². The summed E-state index contributed by atoms with van der Waals surface area (Å²) in [5, 5.41) is 14.5. The van der Waals surface area contributed by atoms with Crippen molar-refractivity contribution in [3.05, 3.63) is 29.6 Å². The summed E-state index contributed by atoms with van der Waals surface area (Å²) >= 11 is 0. The van der Waals surface area contributed by atoms with Gasteiger partial charge in [0.2, 0.25) is 11.9 Å². The second kappa shape index (κ2) is 5.44. The van der Waals surface area contributed by atoms with Crippen molar-refractivity contribution in [3.8, 4) is 0 Å². The average Bonchev–Trinajstić information content (AvgIpc) is 2.28. The lowest BCUT2D eigenvalue weighted by molar-refractivity contribution is 0.399. The second-order valence-corrected chi connectivity index (χ2v) is 2.75. The third-order valence-corrected chi connectivity index (χ3v) is 1.57. The molecule has 0 fully saturated rings. The van der Waals surface area contributed by atoms with Gasteiger partial charge < -0.3 is 16.2 Å². The summed E-state index contributed by atoms with van der Waals surface area (Å²) in [6.45, 7) is 0. The van der Waals surface area contributed by atoms with Gasteiger partial charge in [-0.2, -0.15) is 5.10 Å². The van der Waals surface area contributed by atoms with Crippen LogP contribution in [0.3, 0.4) is 0 Å². The minimum atomic E-state index is -0.128. The zero-order valence-corrected chi connectivity index (χ0v) is 8.71. The van der Waals surface area contributed by atoms with Crippen LogP contribution in [0.4, 0.5) is 0 Å². The largest absolute Gasteiger partial charge is 0.480 e. The van der Waals surface area contributed by atoms with E-state index in [9.17, 15) is 0 Å². The van der Waals surface area contributed by atoms with Crippen molar-refractivity contribution in [2.75, 3.05) is 7.11 Å². The number of pyridine rings is 1. The number of aromatic nitrogens is 1. The predicted octanol–water partition coefficient (Wildman–Crippen LogP) is -0.339. The van der Waals surface area contributed by atoms with Crippen molar-refractivity contribution in [2.24, 2.45) is 21.7 Å². The van der Waals surface area contributed by atoms with Gasteiger partial charge in [-0.25, -0.2) is 4.98 Å². The molecule has 0 saturated carbocycles. The summed E-state index contributed by atoms with van der Waals surface area (Å²) in [6, 6.07) is 5.09. The molecular formula is C9H12N6O. The standard InChI is InChI=1S/C9H12N6O/c1-16-8(10)7-4-2-3-6(14-7)5-13-15-9(11)12/h2-5,10H,1H3,(H4,11,12,15)/b10-8?,13-5+. The maximum absolute atomic E-state index is 7.42. The molecule has 0 spiro atoms. The fourth-order valence-electron chi connectivity index (χ4n) is 0.909. The minimum absolute atomic E-state index is 0.0166. The highest BCUT2D eigenvalue weighted by atomic mass is 16.5. The smallest absolute Gasteiger partial charge is 0.232 e.